The number of hydrogen-bond acceptors (Lipinski definition) is 1. The van der Waals surface area contributed by atoms with E-state index in [4.69, 9.17) is 0 Å². The molecule has 0 fully saturated rings. The fourth-order valence-electron chi connectivity index (χ4n) is 2.66. The minimum absolute atomic E-state index is 0.250. The largest absolute Gasteiger partial charge is 0.481 e. The first-order chi connectivity index (χ1) is 9.56. The molecule has 2 atom stereocenters. The van der Waals surface area contributed by atoms with Crippen molar-refractivity contribution in [3.05, 3.63) is 35.4 Å². The molecule has 0 saturated heterocycles. The van der Waals surface area contributed by atoms with Gasteiger partial charge in [0.1, 0.15) is 0 Å². The summed E-state index contributed by atoms with van der Waals surface area (Å²) in [6.07, 6.45) is 6.09. The first kappa shape index (κ1) is 16.7. The molecule has 0 bridgehead atoms. The monoisotopic (exact) mass is 276 g/mol. The van der Waals surface area contributed by atoms with Crippen LogP contribution in [0.3, 0.4) is 0 Å². The zero-order valence-electron chi connectivity index (χ0n) is 13.1. The maximum absolute atomic E-state index is 11.5. The van der Waals surface area contributed by atoms with Crippen molar-refractivity contribution in [2.24, 2.45) is 11.8 Å². The Hall–Kier alpha value is -1.31. The van der Waals surface area contributed by atoms with Crippen LogP contribution in [-0.4, -0.2) is 11.1 Å². The van der Waals surface area contributed by atoms with Crippen LogP contribution in [0.5, 0.6) is 0 Å². The molecule has 2 heteroatoms. The van der Waals surface area contributed by atoms with Crippen molar-refractivity contribution in [1.29, 1.82) is 0 Å². The van der Waals surface area contributed by atoms with Crippen LogP contribution in [0.25, 0.3) is 0 Å². The van der Waals surface area contributed by atoms with Crippen LogP contribution < -0.4 is 0 Å². The van der Waals surface area contributed by atoms with Crippen molar-refractivity contribution in [2.45, 2.75) is 59.3 Å². The average Bonchev–Trinajstić information content (AvgIpc) is 2.44. The summed E-state index contributed by atoms with van der Waals surface area (Å²) in [5.41, 5.74) is 2.35. The molecule has 2 nitrogen and oxygen atoms in total. The zero-order valence-corrected chi connectivity index (χ0v) is 13.1. The number of rotatable bonds is 9. The third-order valence-corrected chi connectivity index (χ3v) is 4.11. The third kappa shape index (κ3) is 5.77. The summed E-state index contributed by atoms with van der Waals surface area (Å²) in [4.78, 5) is 11.5. The molecule has 0 aromatic heterocycles. The maximum atomic E-state index is 11.5. The first-order valence-corrected chi connectivity index (χ1v) is 7.85. The summed E-state index contributed by atoms with van der Waals surface area (Å²) < 4.78 is 0. The van der Waals surface area contributed by atoms with Gasteiger partial charge in [0.25, 0.3) is 0 Å². The summed E-state index contributed by atoms with van der Waals surface area (Å²) in [7, 11) is 0. The normalized spacial score (nSPS) is 13.9. The summed E-state index contributed by atoms with van der Waals surface area (Å²) in [5.74, 6) is -0.360. The molecule has 0 radical (unpaired) electrons. The van der Waals surface area contributed by atoms with Crippen molar-refractivity contribution >= 4 is 5.97 Å². The van der Waals surface area contributed by atoms with Crippen LogP contribution >= 0.6 is 0 Å². The van der Waals surface area contributed by atoms with Crippen molar-refractivity contribution in [1.82, 2.24) is 0 Å². The molecule has 1 aromatic carbocycles. The van der Waals surface area contributed by atoms with Crippen molar-refractivity contribution in [2.75, 3.05) is 0 Å². The van der Waals surface area contributed by atoms with Gasteiger partial charge in [-0.25, -0.2) is 0 Å². The highest BCUT2D eigenvalue weighted by molar-refractivity contribution is 5.70. The molecular formula is C18H28O2. The minimum Gasteiger partial charge on any atom is -0.481 e. The Bertz CT molecular complexity index is 394. The summed E-state index contributed by atoms with van der Waals surface area (Å²) in [6.45, 7) is 6.41. The van der Waals surface area contributed by atoms with Crippen LogP contribution in [0.15, 0.2) is 24.3 Å². The van der Waals surface area contributed by atoms with Gasteiger partial charge in [-0.15, -0.1) is 0 Å². The van der Waals surface area contributed by atoms with Crippen LogP contribution in [0.1, 0.15) is 57.1 Å². The van der Waals surface area contributed by atoms with Gasteiger partial charge < -0.3 is 5.11 Å². The minimum atomic E-state index is -0.652. The lowest BCUT2D eigenvalue weighted by Crippen LogP contribution is -2.20. The first-order valence-electron chi connectivity index (χ1n) is 7.85. The predicted octanol–water partition coefficient (Wildman–Crippen LogP) is 4.84. The average molecular weight is 276 g/mol. The Balaban J connectivity index is 2.63. The highest BCUT2D eigenvalue weighted by Gasteiger charge is 2.22. The van der Waals surface area contributed by atoms with Gasteiger partial charge in [-0.3, -0.25) is 4.79 Å². The summed E-state index contributed by atoms with van der Waals surface area (Å²) >= 11 is 0. The summed E-state index contributed by atoms with van der Waals surface area (Å²) in [6, 6.07) is 8.22. The molecule has 2 unspecified atom stereocenters. The number of aryl methyl sites for hydroxylation is 1. The van der Waals surface area contributed by atoms with Gasteiger partial charge in [0.15, 0.2) is 0 Å². The summed E-state index contributed by atoms with van der Waals surface area (Å²) in [5, 5.41) is 9.46. The number of carboxylic acid groups (broad SMARTS) is 1. The van der Waals surface area contributed by atoms with Gasteiger partial charge in [-0.1, -0.05) is 69.4 Å². The SMILES string of the molecule is CCCCC(CC)CC(Cc1ccc(C)cc1)C(=O)O. The smallest absolute Gasteiger partial charge is 0.306 e. The van der Waals surface area contributed by atoms with E-state index in [0.717, 1.165) is 24.8 Å². The molecule has 20 heavy (non-hydrogen) atoms. The van der Waals surface area contributed by atoms with E-state index in [1.807, 2.05) is 0 Å². The van der Waals surface area contributed by atoms with Gasteiger partial charge >= 0.3 is 5.97 Å². The fourth-order valence-corrected chi connectivity index (χ4v) is 2.66. The topological polar surface area (TPSA) is 37.3 Å². The van der Waals surface area contributed by atoms with E-state index in [1.165, 1.54) is 18.4 Å². The number of benzene rings is 1. The maximum Gasteiger partial charge on any atom is 0.306 e. The zero-order chi connectivity index (χ0) is 15.0. The molecule has 0 amide bonds. The third-order valence-electron chi connectivity index (χ3n) is 4.11. The number of aliphatic carboxylic acids is 1. The van der Waals surface area contributed by atoms with E-state index in [2.05, 4.69) is 45.0 Å². The predicted molar refractivity (Wildman–Crippen MR) is 83.9 cm³/mol. The second-order valence-corrected chi connectivity index (χ2v) is 5.88. The molecule has 112 valence electrons. The van der Waals surface area contributed by atoms with Gasteiger partial charge in [0.05, 0.1) is 5.92 Å². The number of hydrogen-bond donors (Lipinski definition) is 1. The lowest BCUT2D eigenvalue weighted by atomic mass is 9.85. The highest BCUT2D eigenvalue weighted by atomic mass is 16.4. The van der Waals surface area contributed by atoms with E-state index in [1.54, 1.807) is 0 Å². The van der Waals surface area contributed by atoms with Crippen LogP contribution in [0.4, 0.5) is 0 Å². The van der Waals surface area contributed by atoms with E-state index >= 15 is 0 Å². The Morgan fingerprint density at radius 2 is 1.85 bits per heavy atom. The molecule has 0 aliphatic rings. The molecule has 0 heterocycles. The number of carboxylic acids is 1. The van der Waals surface area contributed by atoms with Crippen LogP contribution in [-0.2, 0) is 11.2 Å². The Labute approximate surface area is 123 Å². The van der Waals surface area contributed by atoms with E-state index in [-0.39, 0.29) is 5.92 Å². The quantitative estimate of drug-likeness (QED) is 0.700. The van der Waals surface area contributed by atoms with Crippen LogP contribution in [0.2, 0.25) is 0 Å². The van der Waals surface area contributed by atoms with E-state index < -0.39 is 5.97 Å². The molecule has 0 aliphatic carbocycles. The highest BCUT2D eigenvalue weighted by Crippen LogP contribution is 2.24. The molecule has 0 spiro atoms. The Kier molecular flexibility index (Phi) is 7.35. The lowest BCUT2D eigenvalue weighted by Gasteiger charge is -2.20. The van der Waals surface area contributed by atoms with Crippen LogP contribution in [0, 0.1) is 18.8 Å². The second kappa shape index (κ2) is 8.78. The van der Waals surface area contributed by atoms with Gasteiger partial charge in [0, 0.05) is 0 Å². The molecular weight excluding hydrogens is 248 g/mol. The fraction of sp³-hybridized carbons (Fsp3) is 0.611. The van der Waals surface area contributed by atoms with Crippen molar-refractivity contribution in [3.63, 3.8) is 0 Å². The number of carbonyl (C=O) groups is 1. The van der Waals surface area contributed by atoms with Crippen molar-refractivity contribution in [3.8, 4) is 0 Å². The van der Waals surface area contributed by atoms with E-state index in [9.17, 15) is 9.90 Å². The lowest BCUT2D eigenvalue weighted by molar-refractivity contribution is -0.142. The van der Waals surface area contributed by atoms with Gasteiger partial charge in [-0.2, -0.15) is 0 Å². The Morgan fingerprint density at radius 3 is 2.35 bits per heavy atom. The van der Waals surface area contributed by atoms with Gasteiger partial charge in [-0.05, 0) is 31.2 Å². The molecule has 1 N–H and O–H groups in total. The molecule has 0 aliphatic heterocycles. The molecule has 1 aromatic rings. The molecule has 0 saturated carbocycles. The number of unbranched alkanes of at least 4 members (excludes halogenated alkanes) is 1. The standard InChI is InChI=1S/C18H28O2/c1-4-6-7-15(5-2)12-17(18(19)20)13-16-10-8-14(3)9-11-16/h8-11,15,17H,4-7,12-13H2,1-3H3,(H,19,20). The second-order valence-electron chi connectivity index (χ2n) is 5.88. The van der Waals surface area contributed by atoms with Gasteiger partial charge in [0.2, 0.25) is 0 Å². The Morgan fingerprint density at radius 1 is 1.20 bits per heavy atom. The van der Waals surface area contributed by atoms with E-state index in [0.29, 0.717) is 12.3 Å². The van der Waals surface area contributed by atoms with Crippen molar-refractivity contribution < 1.29 is 9.90 Å². The molecule has 1 rings (SSSR count).